The van der Waals surface area contributed by atoms with Gasteiger partial charge in [0.15, 0.2) is 0 Å². The van der Waals surface area contributed by atoms with Crippen LogP contribution in [0.4, 0.5) is 0 Å². The van der Waals surface area contributed by atoms with Crippen molar-refractivity contribution < 1.29 is 4.74 Å². The van der Waals surface area contributed by atoms with Crippen molar-refractivity contribution >= 4 is 11.6 Å². The Morgan fingerprint density at radius 2 is 1.69 bits per heavy atom. The lowest BCUT2D eigenvalue weighted by molar-refractivity contribution is 0.415. The van der Waals surface area contributed by atoms with Crippen molar-refractivity contribution in [1.82, 2.24) is 0 Å². The number of halogens is 1. The van der Waals surface area contributed by atoms with Gasteiger partial charge in [0, 0.05) is 5.02 Å². The molecular formula is C14H12ClO. The van der Waals surface area contributed by atoms with E-state index in [9.17, 15) is 0 Å². The van der Waals surface area contributed by atoms with Gasteiger partial charge in [-0.3, -0.25) is 0 Å². The summed E-state index contributed by atoms with van der Waals surface area (Å²) >= 11 is 5.85. The first kappa shape index (κ1) is 11.0. The number of hydrogen-bond acceptors (Lipinski definition) is 1. The molecule has 0 saturated heterocycles. The van der Waals surface area contributed by atoms with Crippen molar-refractivity contribution in [2.24, 2.45) is 0 Å². The van der Waals surface area contributed by atoms with E-state index in [0.717, 1.165) is 27.5 Å². The number of hydrogen-bond donors (Lipinski definition) is 0. The molecule has 0 aromatic heterocycles. The second-order valence-corrected chi connectivity index (χ2v) is 4.01. The van der Waals surface area contributed by atoms with Crippen molar-refractivity contribution in [3.63, 3.8) is 0 Å². The smallest absolute Gasteiger partial charge is 0.119 e. The van der Waals surface area contributed by atoms with Crippen molar-refractivity contribution in [3.05, 3.63) is 60.0 Å². The lowest BCUT2D eigenvalue weighted by Gasteiger charge is -2.07. The summed E-state index contributed by atoms with van der Waals surface area (Å²) in [6, 6.07) is 13.6. The van der Waals surface area contributed by atoms with Crippen LogP contribution >= 0.6 is 11.6 Å². The second-order valence-electron chi connectivity index (χ2n) is 3.58. The summed E-state index contributed by atoms with van der Waals surface area (Å²) in [5.41, 5.74) is 3.12. The summed E-state index contributed by atoms with van der Waals surface area (Å²) in [7, 11) is 1.65. The topological polar surface area (TPSA) is 9.23 Å². The van der Waals surface area contributed by atoms with Gasteiger partial charge in [-0.2, -0.15) is 0 Å². The molecule has 2 rings (SSSR count). The zero-order chi connectivity index (χ0) is 11.5. The number of methoxy groups -OCH3 is 1. The molecule has 0 aliphatic rings. The highest BCUT2D eigenvalue weighted by atomic mass is 35.5. The third-order valence-corrected chi connectivity index (χ3v) is 2.63. The quantitative estimate of drug-likeness (QED) is 0.753. The molecule has 1 nitrogen and oxygen atoms in total. The fourth-order valence-electron chi connectivity index (χ4n) is 1.59. The largest absolute Gasteiger partial charge is 0.497 e. The molecule has 0 N–H and O–H groups in total. The van der Waals surface area contributed by atoms with E-state index in [1.165, 1.54) is 0 Å². The molecule has 0 spiro atoms. The third-order valence-electron chi connectivity index (χ3n) is 2.38. The highest BCUT2D eigenvalue weighted by Crippen LogP contribution is 2.26. The molecule has 16 heavy (non-hydrogen) atoms. The number of benzene rings is 2. The van der Waals surface area contributed by atoms with E-state index < -0.39 is 0 Å². The Balaban J connectivity index is 2.47. The normalized spacial score (nSPS) is 10.2. The molecule has 0 amide bonds. The van der Waals surface area contributed by atoms with Crippen LogP contribution in [-0.4, -0.2) is 7.11 Å². The minimum absolute atomic E-state index is 0.737. The lowest BCUT2D eigenvalue weighted by Crippen LogP contribution is -1.86. The van der Waals surface area contributed by atoms with Crippen LogP contribution in [0.5, 0.6) is 5.75 Å². The summed E-state index contributed by atoms with van der Waals surface area (Å²) in [5.74, 6) is 0.817. The molecule has 0 fully saturated rings. The molecule has 81 valence electrons. The van der Waals surface area contributed by atoms with E-state index >= 15 is 0 Å². The van der Waals surface area contributed by atoms with Crippen LogP contribution in [0, 0.1) is 6.92 Å². The van der Waals surface area contributed by atoms with E-state index in [1.807, 2.05) is 42.5 Å². The van der Waals surface area contributed by atoms with Gasteiger partial charge in [-0.25, -0.2) is 0 Å². The van der Waals surface area contributed by atoms with Crippen LogP contribution in [0.2, 0.25) is 5.02 Å². The van der Waals surface area contributed by atoms with E-state index in [0.29, 0.717) is 0 Å². The zero-order valence-electron chi connectivity index (χ0n) is 9.03. The Hall–Kier alpha value is -1.47. The Labute approximate surface area is 101 Å². The van der Waals surface area contributed by atoms with Gasteiger partial charge in [-0.15, -0.1) is 0 Å². The van der Waals surface area contributed by atoms with Crippen molar-refractivity contribution in [3.8, 4) is 16.9 Å². The first-order valence-corrected chi connectivity index (χ1v) is 5.34. The second kappa shape index (κ2) is 4.58. The first-order chi connectivity index (χ1) is 7.69. The average molecular weight is 232 g/mol. The lowest BCUT2D eigenvalue weighted by atomic mass is 10.0. The van der Waals surface area contributed by atoms with Gasteiger partial charge in [0.25, 0.3) is 0 Å². The molecule has 0 heterocycles. The Bertz CT molecular complexity index is 489. The zero-order valence-corrected chi connectivity index (χ0v) is 9.79. The summed E-state index contributed by atoms with van der Waals surface area (Å²) in [6.07, 6.45) is 0. The molecule has 0 bridgehead atoms. The SMILES string of the molecule is [CH2]c1cc(OC)cc(-c2ccc(Cl)cc2)c1. The van der Waals surface area contributed by atoms with Crippen LogP contribution in [0.1, 0.15) is 5.56 Å². The summed E-state index contributed by atoms with van der Waals surface area (Å²) < 4.78 is 5.21. The molecule has 0 unspecified atom stereocenters. The van der Waals surface area contributed by atoms with Crippen molar-refractivity contribution in [2.45, 2.75) is 0 Å². The van der Waals surface area contributed by atoms with Crippen LogP contribution in [-0.2, 0) is 0 Å². The van der Waals surface area contributed by atoms with Gasteiger partial charge in [-0.1, -0.05) is 29.8 Å². The molecule has 0 aliphatic heterocycles. The standard InChI is InChI=1S/C14H12ClO/c1-10-7-12(9-14(8-10)16-2)11-3-5-13(15)6-4-11/h3-9H,1H2,2H3. The summed E-state index contributed by atoms with van der Waals surface area (Å²) in [6.45, 7) is 3.93. The fourth-order valence-corrected chi connectivity index (χ4v) is 1.71. The highest BCUT2D eigenvalue weighted by Gasteiger charge is 2.01. The van der Waals surface area contributed by atoms with E-state index in [-0.39, 0.29) is 0 Å². The van der Waals surface area contributed by atoms with Gasteiger partial charge < -0.3 is 4.74 Å². The molecule has 1 radical (unpaired) electrons. The van der Waals surface area contributed by atoms with Gasteiger partial charge >= 0.3 is 0 Å². The van der Waals surface area contributed by atoms with Crippen LogP contribution in [0.25, 0.3) is 11.1 Å². The average Bonchev–Trinajstić information content (AvgIpc) is 2.29. The van der Waals surface area contributed by atoms with Crippen molar-refractivity contribution in [2.75, 3.05) is 7.11 Å². The monoisotopic (exact) mass is 231 g/mol. The maximum atomic E-state index is 5.85. The van der Waals surface area contributed by atoms with Gasteiger partial charge in [-0.05, 0) is 47.9 Å². The fraction of sp³-hybridized carbons (Fsp3) is 0.0714. The predicted molar refractivity (Wildman–Crippen MR) is 67.9 cm³/mol. The predicted octanol–water partition coefficient (Wildman–Crippen LogP) is 4.20. The molecule has 2 aromatic rings. The number of ether oxygens (including phenoxy) is 1. The molecule has 2 heteroatoms. The highest BCUT2D eigenvalue weighted by molar-refractivity contribution is 6.30. The summed E-state index contributed by atoms with van der Waals surface area (Å²) in [5, 5.41) is 0.737. The minimum Gasteiger partial charge on any atom is -0.497 e. The van der Waals surface area contributed by atoms with Crippen LogP contribution in [0.15, 0.2) is 42.5 Å². The van der Waals surface area contributed by atoms with E-state index in [1.54, 1.807) is 7.11 Å². The molecule has 0 aliphatic carbocycles. The molecule has 0 atom stereocenters. The minimum atomic E-state index is 0.737. The molecule has 2 aromatic carbocycles. The van der Waals surface area contributed by atoms with Crippen molar-refractivity contribution in [1.29, 1.82) is 0 Å². The maximum absolute atomic E-state index is 5.85. The Kier molecular flexibility index (Phi) is 3.16. The van der Waals surface area contributed by atoms with Gasteiger partial charge in [0.2, 0.25) is 0 Å². The van der Waals surface area contributed by atoms with Crippen LogP contribution in [0.3, 0.4) is 0 Å². The van der Waals surface area contributed by atoms with E-state index in [2.05, 4.69) is 6.92 Å². The van der Waals surface area contributed by atoms with Gasteiger partial charge in [0.05, 0.1) is 7.11 Å². The molecular weight excluding hydrogens is 220 g/mol. The van der Waals surface area contributed by atoms with Gasteiger partial charge in [0.1, 0.15) is 5.75 Å². The number of rotatable bonds is 2. The third kappa shape index (κ3) is 2.37. The Morgan fingerprint density at radius 1 is 1.00 bits per heavy atom. The van der Waals surface area contributed by atoms with Crippen LogP contribution < -0.4 is 4.74 Å². The first-order valence-electron chi connectivity index (χ1n) is 4.96. The molecule has 0 saturated carbocycles. The maximum Gasteiger partial charge on any atom is 0.119 e. The Morgan fingerprint density at radius 3 is 2.31 bits per heavy atom. The summed E-state index contributed by atoms with van der Waals surface area (Å²) in [4.78, 5) is 0. The van der Waals surface area contributed by atoms with E-state index in [4.69, 9.17) is 16.3 Å².